The Labute approximate surface area is 77.0 Å². The highest BCUT2D eigenvalue weighted by molar-refractivity contribution is 5.45. The van der Waals surface area contributed by atoms with Gasteiger partial charge in [-0.1, -0.05) is 0 Å². The smallest absolute Gasteiger partial charge is 0.0942 e. The normalized spacial score (nSPS) is 12.9. The molecule has 0 spiro atoms. The summed E-state index contributed by atoms with van der Waals surface area (Å²) in [7, 11) is 1.83. The second kappa shape index (κ2) is 4.25. The van der Waals surface area contributed by atoms with E-state index in [1.54, 1.807) is 4.68 Å². The number of aliphatic hydroxyl groups excluding tert-OH is 2. The maximum atomic E-state index is 9.08. The van der Waals surface area contributed by atoms with Crippen LogP contribution >= 0.6 is 0 Å². The third kappa shape index (κ3) is 2.71. The highest BCUT2D eigenvalue weighted by Gasteiger charge is 2.05. The number of hydrogen-bond acceptors (Lipinski definition) is 4. The molecule has 74 valence electrons. The Hall–Kier alpha value is -1.07. The van der Waals surface area contributed by atoms with Gasteiger partial charge in [0.1, 0.15) is 0 Å². The maximum absolute atomic E-state index is 9.08. The summed E-state index contributed by atoms with van der Waals surface area (Å²) in [5.74, 6) is 0. The molecule has 3 N–H and O–H groups in total. The van der Waals surface area contributed by atoms with Crippen LogP contribution in [0.2, 0.25) is 0 Å². The first kappa shape index (κ1) is 10.0. The van der Waals surface area contributed by atoms with Crippen LogP contribution in [0.1, 0.15) is 5.69 Å². The van der Waals surface area contributed by atoms with Gasteiger partial charge >= 0.3 is 0 Å². The predicted molar refractivity (Wildman–Crippen MR) is 49.5 cm³/mol. The molecule has 0 amide bonds. The fourth-order valence-corrected chi connectivity index (χ4v) is 1.07. The number of rotatable bonds is 4. The molecule has 1 aromatic rings. The fourth-order valence-electron chi connectivity index (χ4n) is 1.07. The fraction of sp³-hybridized carbons (Fsp3) is 0.625. The van der Waals surface area contributed by atoms with Gasteiger partial charge in [0.25, 0.3) is 0 Å². The van der Waals surface area contributed by atoms with Crippen molar-refractivity contribution in [3.63, 3.8) is 0 Å². The SMILES string of the molecule is Cc1nn(C)cc1NCC(O)CO. The minimum Gasteiger partial charge on any atom is -0.394 e. The molecule has 0 aliphatic heterocycles. The van der Waals surface area contributed by atoms with Crippen molar-refractivity contribution in [2.24, 2.45) is 7.05 Å². The first-order valence-corrected chi connectivity index (χ1v) is 4.16. The van der Waals surface area contributed by atoms with Gasteiger partial charge in [0.2, 0.25) is 0 Å². The largest absolute Gasteiger partial charge is 0.394 e. The zero-order valence-corrected chi connectivity index (χ0v) is 7.86. The van der Waals surface area contributed by atoms with Crippen LogP contribution in [0.5, 0.6) is 0 Å². The third-order valence-corrected chi connectivity index (χ3v) is 1.75. The Morgan fingerprint density at radius 2 is 2.38 bits per heavy atom. The zero-order chi connectivity index (χ0) is 9.84. The van der Waals surface area contributed by atoms with E-state index in [1.807, 2.05) is 20.2 Å². The number of aromatic nitrogens is 2. The van der Waals surface area contributed by atoms with Gasteiger partial charge in [0.15, 0.2) is 0 Å². The molecule has 1 heterocycles. The van der Waals surface area contributed by atoms with Crippen molar-refractivity contribution >= 4 is 5.69 Å². The zero-order valence-electron chi connectivity index (χ0n) is 7.86. The van der Waals surface area contributed by atoms with Crippen LogP contribution in [-0.4, -0.2) is 39.2 Å². The highest BCUT2D eigenvalue weighted by Crippen LogP contribution is 2.10. The lowest BCUT2D eigenvalue weighted by Gasteiger charge is -2.08. The van der Waals surface area contributed by atoms with E-state index in [2.05, 4.69) is 10.4 Å². The summed E-state index contributed by atoms with van der Waals surface area (Å²) >= 11 is 0. The number of aryl methyl sites for hydroxylation is 2. The summed E-state index contributed by atoms with van der Waals surface area (Å²) in [5.41, 5.74) is 1.77. The van der Waals surface area contributed by atoms with Crippen molar-refractivity contribution in [3.8, 4) is 0 Å². The summed E-state index contributed by atoms with van der Waals surface area (Å²) in [6.45, 7) is 1.99. The van der Waals surface area contributed by atoms with Gasteiger partial charge in [-0.25, -0.2) is 0 Å². The lowest BCUT2D eigenvalue weighted by atomic mass is 10.3. The molecule has 0 fully saturated rings. The first-order chi connectivity index (χ1) is 6.13. The molecule has 0 aliphatic carbocycles. The van der Waals surface area contributed by atoms with Gasteiger partial charge in [-0.15, -0.1) is 0 Å². The molecule has 0 aliphatic rings. The Balaban J connectivity index is 2.49. The topological polar surface area (TPSA) is 70.3 Å². The van der Waals surface area contributed by atoms with E-state index in [1.165, 1.54) is 0 Å². The Morgan fingerprint density at radius 3 is 2.85 bits per heavy atom. The van der Waals surface area contributed by atoms with Gasteiger partial charge in [-0.3, -0.25) is 4.68 Å². The van der Waals surface area contributed by atoms with E-state index in [9.17, 15) is 0 Å². The molecule has 0 aromatic carbocycles. The summed E-state index contributed by atoms with van der Waals surface area (Å²) in [4.78, 5) is 0. The first-order valence-electron chi connectivity index (χ1n) is 4.16. The third-order valence-electron chi connectivity index (χ3n) is 1.75. The quantitative estimate of drug-likeness (QED) is 0.591. The average Bonchev–Trinajstić information content (AvgIpc) is 2.41. The van der Waals surface area contributed by atoms with Gasteiger partial charge in [0, 0.05) is 19.8 Å². The number of anilines is 1. The van der Waals surface area contributed by atoms with Crippen molar-refractivity contribution in [2.45, 2.75) is 13.0 Å². The van der Waals surface area contributed by atoms with Crippen molar-refractivity contribution in [2.75, 3.05) is 18.5 Å². The lowest BCUT2D eigenvalue weighted by molar-refractivity contribution is 0.105. The van der Waals surface area contributed by atoms with Crippen LogP contribution in [0.4, 0.5) is 5.69 Å². The van der Waals surface area contributed by atoms with Gasteiger partial charge in [-0.05, 0) is 6.92 Å². The molecule has 5 nitrogen and oxygen atoms in total. The summed E-state index contributed by atoms with van der Waals surface area (Å²) in [6.07, 6.45) is 1.11. The molecule has 1 aromatic heterocycles. The molecular weight excluding hydrogens is 170 g/mol. The second-order valence-electron chi connectivity index (χ2n) is 3.02. The van der Waals surface area contributed by atoms with Gasteiger partial charge < -0.3 is 15.5 Å². The van der Waals surface area contributed by atoms with E-state index in [4.69, 9.17) is 10.2 Å². The van der Waals surface area contributed by atoms with Crippen molar-refractivity contribution in [1.29, 1.82) is 0 Å². The predicted octanol–water partition coefficient (Wildman–Crippen LogP) is -0.506. The molecule has 0 bridgehead atoms. The number of aliphatic hydroxyl groups is 2. The molecule has 13 heavy (non-hydrogen) atoms. The minimum absolute atomic E-state index is 0.230. The van der Waals surface area contributed by atoms with Crippen molar-refractivity contribution in [3.05, 3.63) is 11.9 Å². The molecule has 5 heteroatoms. The molecule has 1 unspecified atom stereocenters. The monoisotopic (exact) mass is 185 g/mol. The molecule has 1 rings (SSSR count). The van der Waals surface area contributed by atoms with Crippen LogP contribution in [0.15, 0.2) is 6.20 Å². The molecular formula is C8H15N3O2. The van der Waals surface area contributed by atoms with Crippen molar-refractivity contribution < 1.29 is 10.2 Å². The van der Waals surface area contributed by atoms with E-state index >= 15 is 0 Å². The van der Waals surface area contributed by atoms with Gasteiger partial charge in [0.05, 0.1) is 24.1 Å². The Morgan fingerprint density at radius 1 is 1.69 bits per heavy atom. The van der Waals surface area contributed by atoms with E-state index in [-0.39, 0.29) is 6.61 Å². The Bertz CT molecular complexity index is 272. The van der Waals surface area contributed by atoms with E-state index in [0.29, 0.717) is 6.54 Å². The number of nitrogens with zero attached hydrogens (tertiary/aromatic N) is 2. The summed E-state index contributed by atoms with van der Waals surface area (Å²) in [5, 5.41) is 24.8. The van der Waals surface area contributed by atoms with Crippen molar-refractivity contribution in [1.82, 2.24) is 9.78 Å². The minimum atomic E-state index is -0.723. The molecule has 0 saturated carbocycles. The molecule has 0 radical (unpaired) electrons. The maximum Gasteiger partial charge on any atom is 0.0942 e. The molecule has 1 atom stereocenters. The standard InChI is InChI=1S/C8H15N3O2/c1-6-8(4-11(2)10-6)9-3-7(13)5-12/h4,7,9,12-13H,3,5H2,1-2H3. The van der Waals surface area contributed by atoms with Crippen LogP contribution < -0.4 is 5.32 Å². The molecule has 0 saturated heterocycles. The summed E-state index contributed by atoms with van der Waals surface area (Å²) < 4.78 is 1.70. The van der Waals surface area contributed by atoms with Crippen LogP contribution in [0.25, 0.3) is 0 Å². The van der Waals surface area contributed by atoms with E-state index in [0.717, 1.165) is 11.4 Å². The summed E-state index contributed by atoms with van der Waals surface area (Å²) in [6, 6.07) is 0. The average molecular weight is 185 g/mol. The van der Waals surface area contributed by atoms with E-state index < -0.39 is 6.10 Å². The second-order valence-corrected chi connectivity index (χ2v) is 3.02. The lowest BCUT2D eigenvalue weighted by Crippen LogP contribution is -2.23. The Kier molecular flexibility index (Phi) is 3.27. The number of nitrogens with one attached hydrogen (secondary N) is 1. The van der Waals surface area contributed by atoms with Crippen LogP contribution in [0.3, 0.4) is 0 Å². The van der Waals surface area contributed by atoms with Gasteiger partial charge in [-0.2, -0.15) is 5.10 Å². The van der Waals surface area contributed by atoms with Crippen LogP contribution in [0, 0.1) is 6.92 Å². The number of hydrogen-bond donors (Lipinski definition) is 3. The van der Waals surface area contributed by atoms with Crippen LogP contribution in [-0.2, 0) is 7.05 Å². The highest BCUT2D eigenvalue weighted by atomic mass is 16.3.